The molecule has 0 spiro atoms. The maximum absolute atomic E-state index is 13.6. The molecule has 0 saturated carbocycles. The molecule has 0 N–H and O–H groups in total. The van der Waals surface area contributed by atoms with Crippen LogP contribution in [0.15, 0.2) is 12.1 Å². The Morgan fingerprint density at radius 3 is 2.80 bits per heavy atom. The zero-order chi connectivity index (χ0) is 14.7. The monoisotopic (exact) mass is 298 g/mol. The second kappa shape index (κ2) is 6.55. The zero-order valence-electron chi connectivity index (χ0n) is 12.1. The molecule has 5 heteroatoms. The van der Waals surface area contributed by atoms with Gasteiger partial charge in [-0.1, -0.05) is 0 Å². The average molecular weight is 299 g/mol. The van der Waals surface area contributed by atoms with Gasteiger partial charge in [-0.2, -0.15) is 0 Å². The first-order chi connectivity index (χ1) is 9.52. The Labute approximate surface area is 123 Å². The van der Waals surface area contributed by atoms with Crippen LogP contribution in [0.5, 0.6) is 0 Å². The molecule has 0 unspecified atom stereocenters. The number of nitrogens with zero attached hydrogens (tertiary/aromatic N) is 2. The average Bonchev–Trinajstić information content (AvgIpc) is 2.68. The van der Waals surface area contributed by atoms with Crippen LogP contribution < -0.4 is 0 Å². The van der Waals surface area contributed by atoms with Crippen molar-refractivity contribution in [1.29, 1.82) is 0 Å². The van der Waals surface area contributed by atoms with Crippen molar-refractivity contribution in [2.75, 3.05) is 12.5 Å². The molecule has 1 aromatic heterocycles. The largest absolute Gasteiger partial charge is 0.377 e. The summed E-state index contributed by atoms with van der Waals surface area (Å²) in [7, 11) is 0. The van der Waals surface area contributed by atoms with Crippen LogP contribution in [0.4, 0.5) is 4.39 Å². The van der Waals surface area contributed by atoms with E-state index < -0.39 is 0 Å². The summed E-state index contributed by atoms with van der Waals surface area (Å²) in [6.07, 6.45) is 0.860. The molecule has 0 fully saturated rings. The Balaban J connectivity index is 2.37. The summed E-state index contributed by atoms with van der Waals surface area (Å²) in [5.41, 5.74) is 2.25. The molecule has 0 aliphatic carbocycles. The molecule has 0 aliphatic heterocycles. The number of rotatable bonds is 6. The van der Waals surface area contributed by atoms with E-state index in [1.54, 1.807) is 6.92 Å². The van der Waals surface area contributed by atoms with Gasteiger partial charge in [0, 0.05) is 24.9 Å². The number of fused-ring (bicyclic) bond motifs is 1. The summed E-state index contributed by atoms with van der Waals surface area (Å²) in [5, 5.41) is 0. The molecule has 3 nitrogen and oxygen atoms in total. The molecule has 0 saturated heterocycles. The first-order valence-corrected chi connectivity index (χ1v) is 7.39. The van der Waals surface area contributed by atoms with E-state index in [0.29, 0.717) is 36.5 Å². The molecule has 0 amide bonds. The second-order valence-electron chi connectivity index (χ2n) is 5.13. The van der Waals surface area contributed by atoms with Crippen molar-refractivity contribution >= 4 is 22.6 Å². The normalized spacial score (nSPS) is 11.7. The standard InChI is InChI=1S/C15H20ClFN2O/c1-10(2)20-7-6-19-14-8-11(3)12(17)9-13(14)18-15(19)4-5-16/h8-10H,4-7H2,1-3H3. The number of hydrogen-bond donors (Lipinski definition) is 0. The van der Waals surface area contributed by atoms with E-state index in [-0.39, 0.29) is 11.9 Å². The van der Waals surface area contributed by atoms with Crippen LogP contribution >= 0.6 is 11.6 Å². The summed E-state index contributed by atoms with van der Waals surface area (Å²) in [5.74, 6) is 1.15. The van der Waals surface area contributed by atoms with Gasteiger partial charge in [-0.3, -0.25) is 0 Å². The summed E-state index contributed by atoms with van der Waals surface area (Å²) < 4.78 is 21.3. The third-order valence-corrected chi connectivity index (χ3v) is 3.38. The number of halogens is 2. The highest BCUT2D eigenvalue weighted by molar-refractivity contribution is 6.17. The van der Waals surface area contributed by atoms with E-state index in [9.17, 15) is 4.39 Å². The van der Waals surface area contributed by atoms with Gasteiger partial charge >= 0.3 is 0 Å². The lowest BCUT2D eigenvalue weighted by Gasteiger charge is -2.11. The highest BCUT2D eigenvalue weighted by Crippen LogP contribution is 2.21. The molecular formula is C15H20ClFN2O. The van der Waals surface area contributed by atoms with Crippen LogP contribution in [0.2, 0.25) is 0 Å². The molecule has 0 aliphatic rings. The van der Waals surface area contributed by atoms with Crippen LogP contribution in [0, 0.1) is 12.7 Å². The van der Waals surface area contributed by atoms with Crippen molar-refractivity contribution in [3.05, 3.63) is 29.3 Å². The van der Waals surface area contributed by atoms with Gasteiger partial charge < -0.3 is 9.30 Å². The lowest BCUT2D eigenvalue weighted by atomic mass is 10.2. The van der Waals surface area contributed by atoms with E-state index in [0.717, 1.165) is 11.3 Å². The molecule has 1 aromatic carbocycles. The highest BCUT2D eigenvalue weighted by atomic mass is 35.5. The van der Waals surface area contributed by atoms with Gasteiger partial charge in [-0.15, -0.1) is 11.6 Å². The van der Waals surface area contributed by atoms with Gasteiger partial charge in [0.25, 0.3) is 0 Å². The van der Waals surface area contributed by atoms with Crippen molar-refractivity contribution in [3.63, 3.8) is 0 Å². The molecule has 1 heterocycles. The Hall–Kier alpha value is -1.13. The smallest absolute Gasteiger partial charge is 0.128 e. The Kier molecular flexibility index (Phi) is 5.00. The van der Waals surface area contributed by atoms with Crippen LogP contribution in [0.3, 0.4) is 0 Å². The van der Waals surface area contributed by atoms with E-state index in [4.69, 9.17) is 16.3 Å². The molecule has 0 bridgehead atoms. The zero-order valence-corrected chi connectivity index (χ0v) is 12.9. The third-order valence-electron chi connectivity index (χ3n) is 3.19. The van der Waals surface area contributed by atoms with Crippen molar-refractivity contribution < 1.29 is 9.13 Å². The van der Waals surface area contributed by atoms with Crippen molar-refractivity contribution in [2.24, 2.45) is 0 Å². The Morgan fingerprint density at radius 1 is 1.40 bits per heavy atom. The lowest BCUT2D eigenvalue weighted by Crippen LogP contribution is -2.13. The fourth-order valence-corrected chi connectivity index (χ4v) is 2.37. The maximum Gasteiger partial charge on any atom is 0.128 e. The molecular weight excluding hydrogens is 279 g/mol. The number of aromatic nitrogens is 2. The van der Waals surface area contributed by atoms with Crippen molar-refractivity contribution in [1.82, 2.24) is 9.55 Å². The van der Waals surface area contributed by atoms with E-state index in [1.165, 1.54) is 6.07 Å². The quantitative estimate of drug-likeness (QED) is 0.761. The fourth-order valence-electron chi connectivity index (χ4n) is 2.20. The first-order valence-electron chi connectivity index (χ1n) is 6.85. The van der Waals surface area contributed by atoms with Gasteiger partial charge in [0.15, 0.2) is 0 Å². The molecule has 110 valence electrons. The molecule has 2 rings (SSSR count). The number of benzene rings is 1. The summed E-state index contributed by atoms with van der Waals surface area (Å²) in [6, 6.07) is 3.33. The van der Waals surface area contributed by atoms with Gasteiger partial charge in [0.1, 0.15) is 11.6 Å². The molecule has 2 aromatic rings. The minimum absolute atomic E-state index is 0.195. The lowest BCUT2D eigenvalue weighted by molar-refractivity contribution is 0.0729. The van der Waals surface area contributed by atoms with Crippen molar-refractivity contribution in [3.8, 4) is 0 Å². The second-order valence-corrected chi connectivity index (χ2v) is 5.51. The number of ether oxygens (including phenoxy) is 1. The molecule has 0 radical (unpaired) electrons. The summed E-state index contributed by atoms with van der Waals surface area (Å²) >= 11 is 5.82. The predicted molar refractivity (Wildman–Crippen MR) is 79.9 cm³/mol. The number of hydrogen-bond acceptors (Lipinski definition) is 2. The SMILES string of the molecule is Cc1cc2c(cc1F)nc(CCCl)n2CCOC(C)C. The van der Waals surface area contributed by atoms with Gasteiger partial charge in [-0.05, 0) is 32.4 Å². The van der Waals surface area contributed by atoms with E-state index in [1.807, 2.05) is 19.9 Å². The van der Waals surface area contributed by atoms with Crippen LogP contribution in [-0.4, -0.2) is 28.1 Å². The number of aryl methyl sites for hydroxylation is 2. The topological polar surface area (TPSA) is 27.1 Å². The predicted octanol–water partition coefficient (Wildman–Crippen LogP) is 3.69. The molecule has 0 atom stereocenters. The number of alkyl halides is 1. The van der Waals surface area contributed by atoms with Crippen molar-refractivity contribution in [2.45, 2.75) is 39.8 Å². The van der Waals surface area contributed by atoms with Gasteiger partial charge in [0.2, 0.25) is 0 Å². The minimum atomic E-state index is -0.224. The highest BCUT2D eigenvalue weighted by Gasteiger charge is 2.12. The minimum Gasteiger partial charge on any atom is -0.377 e. The first kappa shape index (κ1) is 15.3. The van der Waals surface area contributed by atoms with Gasteiger partial charge in [-0.25, -0.2) is 9.37 Å². The van der Waals surface area contributed by atoms with Crippen LogP contribution in [-0.2, 0) is 17.7 Å². The Morgan fingerprint density at radius 2 is 2.15 bits per heavy atom. The van der Waals surface area contributed by atoms with Gasteiger partial charge in [0.05, 0.1) is 23.7 Å². The summed E-state index contributed by atoms with van der Waals surface area (Å²) in [6.45, 7) is 7.08. The fraction of sp³-hybridized carbons (Fsp3) is 0.533. The number of imidazole rings is 1. The van der Waals surface area contributed by atoms with E-state index in [2.05, 4.69) is 9.55 Å². The summed E-state index contributed by atoms with van der Waals surface area (Å²) in [4.78, 5) is 4.49. The maximum atomic E-state index is 13.6. The van der Waals surface area contributed by atoms with Crippen LogP contribution in [0.25, 0.3) is 11.0 Å². The van der Waals surface area contributed by atoms with Crippen LogP contribution in [0.1, 0.15) is 25.2 Å². The molecule has 20 heavy (non-hydrogen) atoms. The Bertz CT molecular complexity index is 595. The third kappa shape index (κ3) is 3.30. The van der Waals surface area contributed by atoms with E-state index >= 15 is 0 Å².